The van der Waals surface area contributed by atoms with Gasteiger partial charge in [-0.2, -0.15) is 0 Å². The topological polar surface area (TPSA) is 58.9 Å². The van der Waals surface area contributed by atoms with Crippen LogP contribution in [0.25, 0.3) is 0 Å². The molecular formula is C9H24O4Si2. The summed E-state index contributed by atoms with van der Waals surface area (Å²) in [7, 11) is -2.34. The smallest absolute Gasteiger partial charge is 0.330 e. The summed E-state index contributed by atoms with van der Waals surface area (Å²) in [6.07, 6.45) is -0.729. The van der Waals surface area contributed by atoms with Gasteiger partial charge in [0.15, 0.2) is 8.32 Å². The van der Waals surface area contributed by atoms with E-state index in [0.717, 1.165) is 6.04 Å². The average Bonchev–Trinajstić information content (AvgIpc) is 2.14. The molecule has 0 aromatic carbocycles. The molecule has 2 unspecified atom stereocenters. The van der Waals surface area contributed by atoms with Crippen LogP contribution in [-0.4, -0.2) is 46.9 Å². The lowest BCUT2D eigenvalue weighted by Gasteiger charge is -2.35. The van der Waals surface area contributed by atoms with Crippen molar-refractivity contribution in [2.45, 2.75) is 44.8 Å². The van der Waals surface area contributed by atoms with Crippen LogP contribution < -0.4 is 0 Å². The largest absolute Gasteiger partial charge is 0.436 e. The van der Waals surface area contributed by atoms with Gasteiger partial charge in [0.05, 0.1) is 12.7 Å². The van der Waals surface area contributed by atoms with E-state index in [1.54, 1.807) is 7.11 Å². The Balaban J connectivity index is 4.57. The first kappa shape index (κ1) is 15.3. The van der Waals surface area contributed by atoms with Crippen LogP contribution in [0.5, 0.6) is 0 Å². The lowest BCUT2D eigenvalue weighted by atomic mass is 10.4. The van der Waals surface area contributed by atoms with Crippen molar-refractivity contribution in [1.29, 1.82) is 0 Å². The van der Waals surface area contributed by atoms with Crippen molar-refractivity contribution >= 4 is 16.9 Å². The summed E-state index contributed by atoms with van der Waals surface area (Å²) in [5.41, 5.74) is 0. The minimum absolute atomic E-state index is 0.229. The van der Waals surface area contributed by atoms with Crippen LogP contribution in [-0.2, 0) is 8.54 Å². The quantitative estimate of drug-likeness (QED) is 0.671. The molecule has 0 spiro atoms. The molecule has 0 aliphatic carbocycles. The molecule has 0 fully saturated rings. The first-order valence-corrected chi connectivity index (χ1v) is 11.0. The Labute approximate surface area is 94.6 Å². The van der Waals surface area contributed by atoms with Crippen LogP contribution in [0.4, 0.5) is 0 Å². The monoisotopic (exact) mass is 252 g/mol. The molecule has 15 heavy (non-hydrogen) atoms. The van der Waals surface area contributed by atoms with E-state index in [2.05, 4.69) is 19.6 Å². The van der Waals surface area contributed by atoms with Gasteiger partial charge >= 0.3 is 8.56 Å². The summed E-state index contributed by atoms with van der Waals surface area (Å²) in [5, 5.41) is 18.4. The lowest BCUT2D eigenvalue weighted by molar-refractivity contribution is 0.100. The van der Waals surface area contributed by atoms with Crippen molar-refractivity contribution in [3.05, 3.63) is 0 Å². The third-order valence-corrected chi connectivity index (χ3v) is 9.01. The number of aliphatic hydroxyl groups is 2. The SMILES string of the molecule is CC[Si](CC(O)CO)(OC)O[Si](C)(C)C. The van der Waals surface area contributed by atoms with E-state index in [4.69, 9.17) is 13.6 Å². The highest BCUT2D eigenvalue weighted by Crippen LogP contribution is 2.24. The summed E-state index contributed by atoms with van der Waals surface area (Å²) in [4.78, 5) is 0. The molecule has 0 saturated heterocycles. The Bertz CT molecular complexity index is 177. The second-order valence-electron chi connectivity index (χ2n) is 4.72. The Kier molecular flexibility index (Phi) is 6.23. The van der Waals surface area contributed by atoms with Crippen molar-refractivity contribution in [3.8, 4) is 0 Å². The first-order valence-electron chi connectivity index (χ1n) is 5.33. The Morgan fingerprint density at radius 3 is 2.07 bits per heavy atom. The zero-order chi connectivity index (χ0) is 12.1. The normalized spacial score (nSPS) is 18.6. The highest BCUT2D eigenvalue weighted by molar-refractivity contribution is 6.82. The summed E-state index contributed by atoms with van der Waals surface area (Å²) >= 11 is 0. The van der Waals surface area contributed by atoms with Crippen LogP contribution in [0, 0.1) is 0 Å². The van der Waals surface area contributed by atoms with Crippen molar-refractivity contribution in [2.75, 3.05) is 13.7 Å². The zero-order valence-corrected chi connectivity index (χ0v) is 12.4. The van der Waals surface area contributed by atoms with Crippen LogP contribution >= 0.6 is 0 Å². The maximum Gasteiger partial charge on any atom is 0.330 e. The molecule has 0 aromatic heterocycles. The molecule has 0 bridgehead atoms. The maximum atomic E-state index is 9.49. The molecule has 2 N–H and O–H groups in total. The van der Waals surface area contributed by atoms with Gasteiger partial charge in [0.2, 0.25) is 0 Å². The maximum absolute atomic E-state index is 9.49. The standard InChI is InChI=1S/C9H24O4Si2/c1-6-15(12-2,8-9(11)7-10)13-14(3,4)5/h9-11H,6-8H2,1-5H3. The molecule has 4 nitrogen and oxygen atoms in total. The molecule has 92 valence electrons. The number of aliphatic hydroxyl groups excluding tert-OH is 2. The fourth-order valence-electron chi connectivity index (χ4n) is 1.51. The van der Waals surface area contributed by atoms with E-state index in [0.29, 0.717) is 6.04 Å². The number of hydrogen-bond acceptors (Lipinski definition) is 4. The molecule has 0 rings (SSSR count). The second-order valence-corrected chi connectivity index (χ2v) is 13.1. The molecule has 0 aliphatic heterocycles. The van der Waals surface area contributed by atoms with Gasteiger partial charge in [-0.1, -0.05) is 6.92 Å². The number of rotatable bonds is 7. The highest BCUT2D eigenvalue weighted by Gasteiger charge is 2.40. The minimum Gasteiger partial charge on any atom is -0.436 e. The lowest BCUT2D eigenvalue weighted by Crippen LogP contribution is -2.50. The van der Waals surface area contributed by atoms with Crippen LogP contribution in [0.1, 0.15) is 6.92 Å². The van der Waals surface area contributed by atoms with Crippen LogP contribution in [0.3, 0.4) is 0 Å². The molecular weight excluding hydrogens is 228 g/mol. The molecule has 0 radical (unpaired) electrons. The molecule has 6 heteroatoms. The summed E-state index contributed by atoms with van der Waals surface area (Å²) in [5.74, 6) is 0. The molecule has 0 aliphatic rings. The van der Waals surface area contributed by atoms with Gasteiger partial charge in [-0.25, -0.2) is 0 Å². The van der Waals surface area contributed by atoms with Gasteiger partial charge in [0.1, 0.15) is 0 Å². The molecule has 0 saturated carbocycles. The van der Waals surface area contributed by atoms with E-state index < -0.39 is 23.0 Å². The minimum atomic E-state index is -2.31. The zero-order valence-electron chi connectivity index (χ0n) is 10.4. The number of hydrogen-bond donors (Lipinski definition) is 2. The predicted molar refractivity (Wildman–Crippen MR) is 65.6 cm³/mol. The van der Waals surface area contributed by atoms with Gasteiger partial charge in [-0.15, -0.1) is 0 Å². The fourth-order valence-corrected chi connectivity index (χ4v) is 8.81. The highest BCUT2D eigenvalue weighted by atomic mass is 28.4. The van der Waals surface area contributed by atoms with E-state index in [1.165, 1.54) is 0 Å². The van der Waals surface area contributed by atoms with Crippen LogP contribution in [0.2, 0.25) is 31.7 Å². The van der Waals surface area contributed by atoms with Gasteiger partial charge in [-0.3, -0.25) is 0 Å². The fraction of sp³-hybridized carbons (Fsp3) is 1.00. The summed E-state index contributed by atoms with van der Waals surface area (Å²) in [6, 6.07) is 1.24. The van der Waals surface area contributed by atoms with Gasteiger partial charge in [0.25, 0.3) is 0 Å². The van der Waals surface area contributed by atoms with Crippen molar-refractivity contribution in [2.24, 2.45) is 0 Å². The Morgan fingerprint density at radius 1 is 1.27 bits per heavy atom. The third-order valence-electron chi connectivity index (χ3n) is 2.16. The van der Waals surface area contributed by atoms with Crippen molar-refractivity contribution in [3.63, 3.8) is 0 Å². The summed E-state index contributed by atoms with van der Waals surface area (Å²) < 4.78 is 11.6. The summed E-state index contributed by atoms with van der Waals surface area (Å²) in [6.45, 7) is 8.10. The van der Waals surface area contributed by atoms with Crippen molar-refractivity contribution in [1.82, 2.24) is 0 Å². The second kappa shape index (κ2) is 6.12. The van der Waals surface area contributed by atoms with Crippen molar-refractivity contribution < 1.29 is 18.8 Å². The first-order chi connectivity index (χ1) is 6.78. The van der Waals surface area contributed by atoms with E-state index in [9.17, 15) is 5.11 Å². The van der Waals surface area contributed by atoms with E-state index in [1.807, 2.05) is 6.92 Å². The molecule has 0 amide bonds. The Hall–Kier alpha value is 0.274. The average molecular weight is 252 g/mol. The third kappa shape index (κ3) is 5.79. The van der Waals surface area contributed by atoms with E-state index in [-0.39, 0.29) is 6.61 Å². The molecule has 0 heterocycles. The Morgan fingerprint density at radius 2 is 1.80 bits per heavy atom. The van der Waals surface area contributed by atoms with Crippen LogP contribution in [0.15, 0.2) is 0 Å². The predicted octanol–water partition coefficient (Wildman–Crippen LogP) is 1.30. The molecule has 0 aromatic rings. The molecule has 2 atom stereocenters. The van der Waals surface area contributed by atoms with Gasteiger partial charge in [-0.05, 0) is 25.7 Å². The van der Waals surface area contributed by atoms with E-state index >= 15 is 0 Å². The van der Waals surface area contributed by atoms with Gasteiger partial charge < -0.3 is 18.8 Å². The van der Waals surface area contributed by atoms with Gasteiger partial charge in [0, 0.05) is 13.2 Å².